The van der Waals surface area contributed by atoms with E-state index in [4.69, 9.17) is 0 Å². The molecule has 19 heavy (non-hydrogen) atoms. The Hall–Kier alpha value is -1.89. The van der Waals surface area contributed by atoms with Gasteiger partial charge in [-0.1, -0.05) is 6.92 Å². The standard InChI is InChI=1S/C12H20N6O/c1-4-5-13-11-16-9-8(14-7-15-9)10(17-11)18-12(2,3)6-19/h7,19H,4-6H2,1-3H3,(H3,13,14,15,16,17,18). The maximum absolute atomic E-state index is 9.34. The van der Waals surface area contributed by atoms with Gasteiger partial charge in [-0.2, -0.15) is 9.97 Å². The molecule has 2 heterocycles. The van der Waals surface area contributed by atoms with Crippen molar-refractivity contribution in [2.75, 3.05) is 23.8 Å². The molecular weight excluding hydrogens is 244 g/mol. The van der Waals surface area contributed by atoms with Crippen molar-refractivity contribution >= 4 is 22.9 Å². The minimum absolute atomic E-state index is 0.00432. The first kappa shape index (κ1) is 13.5. The van der Waals surface area contributed by atoms with Crippen molar-refractivity contribution in [3.63, 3.8) is 0 Å². The van der Waals surface area contributed by atoms with Crippen molar-refractivity contribution in [3.8, 4) is 0 Å². The first-order valence-electron chi connectivity index (χ1n) is 6.40. The van der Waals surface area contributed by atoms with Crippen LogP contribution in [0.2, 0.25) is 0 Å². The van der Waals surface area contributed by atoms with E-state index in [0.717, 1.165) is 18.5 Å². The van der Waals surface area contributed by atoms with Crippen LogP contribution in [0.3, 0.4) is 0 Å². The average molecular weight is 264 g/mol. The van der Waals surface area contributed by atoms with E-state index >= 15 is 0 Å². The highest BCUT2D eigenvalue weighted by atomic mass is 16.3. The molecule has 0 atom stereocenters. The van der Waals surface area contributed by atoms with Gasteiger partial charge in [0.1, 0.15) is 5.52 Å². The SMILES string of the molecule is CCCNc1nc(NC(C)(C)CO)c2[nH]cnc2n1. The number of nitrogens with one attached hydrogen (secondary N) is 3. The summed E-state index contributed by atoms with van der Waals surface area (Å²) in [6.07, 6.45) is 2.58. The number of nitrogens with zero attached hydrogens (tertiary/aromatic N) is 3. The molecule has 0 spiro atoms. The van der Waals surface area contributed by atoms with Crippen LogP contribution in [0, 0.1) is 0 Å². The lowest BCUT2D eigenvalue weighted by Crippen LogP contribution is -2.35. The van der Waals surface area contributed by atoms with E-state index in [1.165, 1.54) is 0 Å². The summed E-state index contributed by atoms with van der Waals surface area (Å²) in [4.78, 5) is 15.9. The molecule has 0 saturated heterocycles. The van der Waals surface area contributed by atoms with Gasteiger partial charge in [0.25, 0.3) is 0 Å². The van der Waals surface area contributed by atoms with Crippen LogP contribution in [0.5, 0.6) is 0 Å². The van der Waals surface area contributed by atoms with Gasteiger partial charge in [0.2, 0.25) is 5.95 Å². The molecule has 2 aromatic heterocycles. The van der Waals surface area contributed by atoms with Gasteiger partial charge < -0.3 is 20.7 Å². The smallest absolute Gasteiger partial charge is 0.226 e. The lowest BCUT2D eigenvalue weighted by Gasteiger charge is -2.24. The highest BCUT2D eigenvalue weighted by molar-refractivity contribution is 5.84. The van der Waals surface area contributed by atoms with Crippen LogP contribution >= 0.6 is 0 Å². The first-order chi connectivity index (χ1) is 9.05. The number of aliphatic hydroxyl groups excluding tert-OH is 1. The van der Waals surface area contributed by atoms with Crippen molar-refractivity contribution in [3.05, 3.63) is 6.33 Å². The molecule has 2 aromatic rings. The Morgan fingerprint density at radius 3 is 2.84 bits per heavy atom. The maximum Gasteiger partial charge on any atom is 0.226 e. The number of aromatic nitrogens is 4. The summed E-state index contributed by atoms with van der Waals surface area (Å²) in [6, 6.07) is 0. The summed E-state index contributed by atoms with van der Waals surface area (Å²) in [7, 11) is 0. The van der Waals surface area contributed by atoms with Gasteiger partial charge in [0, 0.05) is 6.54 Å². The van der Waals surface area contributed by atoms with E-state index in [0.29, 0.717) is 17.4 Å². The number of anilines is 2. The predicted octanol–water partition coefficient (Wildman–Crippen LogP) is 1.36. The summed E-state index contributed by atoms with van der Waals surface area (Å²) in [5.41, 5.74) is 0.877. The van der Waals surface area contributed by atoms with Crippen molar-refractivity contribution in [2.24, 2.45) is 0 Å². The van der Waals surface area contributed by atoms with E-state index in [1.807, 2.05) is 13.8 Å². The monoisotopic (exact) mass is 264 g/mol. The van der Waals surface area contributed by atoms with Crippen LogP contribution in [0.25, 0.3) is 11.2 Å². The molecular formula is C12H20N6O. The number of fused-ring (bicyclic) bond motifs is 1. The summed E-state index contributed by atoms with van der Waals surface area (Å²) in [6.45, 7) is 6.68. The van der Waals surface area contributed by atoms with Crippen LogP contribution < -0.4 is 10.6 Å². The molecule has 7 heteroatoms. The number of aliphatic hydroxyl groups is 1. The van der Waals surface area contributed by atoms with Gasteiger partial charge >= 0.3 is 0 Å². The average Bonchev–Trinajstić information content (AvgIpc) is 2.84. The van der Waals surface area contributed by atoms with Crippen molar-refractivity contribution in [1.29, 1.82) is 0 Å². The predicted molar refractivity (Wildman–Crippen MR) is 75.3 cm³/mol. The topological polar surface area (TPSA) is 98.8 Å². The minimum atomic E-state index is -0.464. The third kappa shape index (κ3) is 3.11. The van der Waals surface area contributed by atoms with Crippen molar-refractivity contribution < 1.29 is 5.11 Å². The fraction of sp³-hybridized carbons (Fsp3) is 0.583. The number of hydrogen-bond acceptors (Lipinski definition) is 6. The van der Waals surface area contributed by atoms with E-state index < -0.39 is 5.54 Å². The van der Waals surface area contributed by atoms with Crippen molar-refractivity contribution in [1.82, 2.24) is 19.9 Å². The van der Waals surface area contributed by atoms with E-state index in [1.54, 1.807) is 6.33 Å². The Labute approximate surface area is 111 Å². The van der Waals surface area contributed by atoms with E-state index in [-0.39, 0.29) is 6.61 Å². The Balaban J connectivity index is 2.36. The summed E-state index contributed by atoms with van der Waals surface area (Å²) >= 11 is 0. The van der Waals surface area contributed by atoms with E-state index in [9.17, 15) is 5.11 Å². The quantitative estimate of drug-likeness (QED) is 0.629. The largest absolute Gasteiger partial charge is 0.394 e. The maximum atomic E-state index is 9.34. The molecule has 7 nitrogen and oxygen atoms in total. The molecule has 0 aliphatic rings. The second-order valence-corrected chi connectivity index (χ2v) is 5.09. The third-order valence-electron chi connectivity index (χ3n) is 2.67. The molecule has 0 bridgehead atoms. The summed E-state index contributed by atoms with van der Waals surface area (Å²) in [5.74, 6) is 1.18. The van der Waals surface area contributed by atoms with Gasteiger partial charge in [-0.3, -0.25) is 0 Å². The number of H-pyrrole nitrogens is 1. The molecule has 0 radical (unpaired) electrons. The van der Waals surface area contributed by atoms with Crippen LogP contribution in [0.1, 0.15) is 27.2 Å². The minimum Gasteiger partial charge on any atom is -0.394 e. The molecule has 4 N–H and O–H groups in total. The first-order valence-corrected chi connectivity index (χ1v) is 6.40. The van der Waals surface area contributed by atoms with Gasteiger partial charge in [0.05, 0.1) is 18.5 Å². The van der Waals surface area contributed by atoms with Gasteiger partial charge in [-0.05, 0) is 20.3 Å². The van der Waals surface area contributed by atoms with Crippen LogP contribution in [0.4, 0.5) is 11.8 Å². The second kappa shape index (κ2) is 5.40. The van der Waals surface area contributed by atoms with Gasteiger partial charge in [-0.15, -0.1) is 0 Å². The fourth-order valence-corrected chi connectivity index (χ4v) is 1.60. The second-order valence-electron chi connectivity index (χ2n) is 5.09. The van der Waals surface area contributed by atoms with Crippen LogP contribution in [0.15, 0.2) is 6.33 Å². The zero-order valence-electron chi connectivity index (χ0n) is 11.5. The van der Waals surface area contributed by atoms with Crippen LogP contribution in [-0.4, -0.2) is 43.7 Å². The molecule has 0 aromatic carbocycles. The van der Waals surface area contributed by atoms with E-state index in [2.05, 4.69) is 37.5 Å². The molecule has 104 valence electrons. The number of hydrogen-bond donors (Lipinski definition) is 4. The highest BCUT2D eigenvalue weighted by Gasteiger charge is 2.19. The molecule has 0 amide bonds. The lowest BCUT2D eigenvalue weighted by molar-refractivity contribution is 0.234. The molecule has 0 aliphatic heterocycles. The fourth-order valence-electron chi connectivity index (χ4n) is 1.60. The molecule has 0 saturated carbocycles. The molecule has 0 aliphatic carbocycles. The Morgan fingerprint density at radius 1 is 1.37 bits per heavy atom. The molecule has 0 fully saturated rings. The van der Waals surface area contributed by atoms with Crippen molar-refractivity contribution in [2.45, 2.75) is 32.7 Å². The summed E-state index contributed by atoms with van der Waals surface area (Å²) < 4.78 is 0. The van der Waals surface area contributed by atoms with Crippen LogP contribution in [-0.2, 0) is 0 Å². The summed E-state index contributed by atoms with van der Waals surface area (Å²) in [5, 5.41) is 15.7. The number of rotatable bonds is 6. The molecule has 2 rings (SSSR count). The number of imidazole rings is 1. The molecule has 0 unspecified atom stereocenters. The normalized spacial score (nSPS) is 11.8. The third-order valence-corrected chi connectivity index (χ3v) is 2.67. The van der Waals surface area contributed by atoms with Gasteiger partial charge in [-0.25, -0.2) is 4.98 Å². The lowest BCUT2D eigenvalue weighted by atomic mass is 10.1. The van der Waals surface area contributed by atoms with Gasteiger partial charge in [0.15, 0.2) is 11.5 Å². The zero-order valence-corrected chi connectivity index (χ0v) is 11.5. The highest BCUT2D eigenvalue weighted by Crippen LogP contribution is 2.21. The Bertz CT molecular complexity index is 550. The number of aromatic amines is 1. The zero-order chi connectivity index (χ0) is 13.9. The Kier molecular flexibility index (Phi) is 3.84. The Morgan fingerprint density at radius 2 is 2.16 bits per heavy atom.